The molecule has 1 saturated heterocycles. The fourth-order valence-corrected chi connectivity index (χ4v) is 5.19. The van der Waals surface area contributed by atoms with Crippen molar-refractivity contribution < 1.29 is 23.9 Å². The molecule has 0 aromatic heterocycles. The highest BCUT2D eigenvalue weighted by Crippen LogP contribution is 2.57. The van der Waals surface area contributed by atoms with E-state index in [1.807, 2.05) is 19.1 Å². The molecule has 30 heavy (non-hydrogen) atoms. The van der Waals surface area contributed by atoms with Crippen molar-refractivity contribution >= 4 is 23.3 Å². The summed E-state index contributed by atoms with van der Waals surface area (Å²) in [7, 11) is 0. The molecule has 0 spiro atoms. The summed E-state index contributed by atoms with van der Waals surface area (Å²) in [5, 5.41) is 2.93. The van der Waals surface area contributed by atoms with Crippen LogP contribution in [-0.2, 0) is 14.3 Å². The third-order valence-electron chi connectivity index (χ3n) is 6.65. The molecule has 1 N–H and O–H groups in total. The average Bonchev–Trinajstić information content (AvgIpc) is 3.36. The monoisotopic (exact) mass is 405 g/mol. The molecule has 2 aliphatic carbocycles. The predicted octanol–water partition coefficient (Wildman–Crippen LogP) is 3.39. The van der Waals surface area contributed by atoms with Crippen molar-refractivity contribution in [3.8, 4) is 5.75 Å². The SMILES string of the molecule is Cc1ccc(C(=O)COc2ccc(NC(=O)C3C4CC5OC(=O)C3C5C4)cc2)cc1. The van der Waals surface area contributed by atoms with E-state index in [4.69, 9.17) is 9.47 Å². The van der Waals surface area contributed by atoms with Crippen molar-refractivity contribution in [1.82, 2.24) is 0 Å². The van der Waals surface area contributed by atoms with Gasteiger partial charge in [0, 0.05) is 17.2 Å². The second kappa shape index (κ2) is 7.27. The number of esters is 1. The topological polar surface area (TPSA) is 81.7 Å². The van der Waals surface area contributed by atoms with Crippen LogP contribution in [0.2, 0.25) is 0 Å². The number of amides is 1. The van der Waals surface area contributed by atoms with E-state index in [0.29, 0.717) is 17.0 Å². The summed E-state index contributed by atoms with van der Waals surface area (Å²) in [5.74, 6) is -0.0263. The van der Waals surface area contributed by atoms with E-state index in [2.05, 4.69) is 5.32 Å². The maximum atomic E-state index is 12.8. The van der Waals surface area contributed by atoms with Crippen LogP contribution in [0.5, 0.6) is 5.75 Å². The largest absolute Gasteiger partial charge is 0.485 e. The lowest BCUT2D eigenvalue weighted by Crippen LogP contribution is -2.35. The van der Waals surface area contributed by atoms with Crippen LogP contribution in [0.3, 0.4) is 0 Å². The van der Waals surface area contributed by atoms with Gasteiger partial charge >= 0.3 is 5.97 Å². The number of hydrogen-bond acceptors (Lipinski definition) is 5. The van der Waals surface area contributed by atoms with Crippen molar-refractivity contribution in [2.24, 2.45) is 23.7 Å². The molecule has 1 aliphatic heterocycles. The minimum Gasteiger partial charge on any atom is -0.485 e. The predicted molar refractivity (Wildman–Crippen MR) is 109 cm³/mol. The molecule has 6 nitrogen and oxygen atoms in total. The number of aryl methyl sites for hydroxylation is 1. The van der Waals surface area contributed by atoms with Crippen LogP contribution in [0.15, 0.2) is 48.5 Å². The van der Waals surface area contributed by atoms with Crippen LogP contribution in [-0.4, -0.2) is 30.4 Å². The van der Waals surface area contributed by atoms with Crippen LogP contribution in [0.25, 0.3) is 0 Å². The molecule has 5 atom stereocenters. The second-order valence-electron chi connectivity index (χ2n) is 8.51. The summed E-state index contributed by atoms with van der Waals surface area (Å²) in [5.41, 5.74) is 2.35. The highest BCUT2D eigenvalue weighted by molar-refractivity contribution is 5.98. The van der Waals surface area contributed by atoms with Gasteiger partial charge in [-0.15, -0.1) is 0 Å². The van der Waals surface area contributed by atoms with E-state index < -0.39 is 0 Å². The summed E-state index contributed by atoms with van der Waals surface area (Å²) in [6.45, 7) is 1.92. The van der Waals surface area contributed by atoms with Gasteiger partial charge in [-0.1, -0.05) is 29.8 Å². The minimum atomic E-state index is -0.302. The lowest BCUT2D eigenvalue weighted by atomic mass is 9.79. The van der Waals surface area contributed by atoms with E-state index in [0.717, 1.165) is 18.4 Å². The third-order valence-corrected chi connectivity index (χ3v) is 6.65. The zero-order valence-corrected chi connectivity index (χ0v) is 16.7. The van der Waals surface area contributed by atoms with Gasteiger partial charge in [0.1, 0.15) is 11.9 Å². The Hall–Kier alpha value is -3.15. The molecule has 3 aliphatic rings. The van der Waals surface area contributed by atoms with Gasteiger partial charge in [-0.3, -0.25) is 14.4 Å². The number of rotatable bonds is 6. The van der Waals surface area contributed by atoms with Gasteiger partial charge in [0.15, 0.2) is 12.4 Å². The summed E-state index contributed by atoms with van der Waals surface area (Å²) in [6, 6.07) is 14.3. The molecule has 0 radical (unpaired) electrons. The number of benzene rings is 2. The van der Waals surface area contributed by atoms with Crippen LogP contribution in [0.1, 0.15) is 28.8 Å². The first kappa shape index (κ1) is 18.9. The van der Waals surface area contributed by atoms with Crippen LogP contribution in [0.4, 0.5) is 5.69 Å². The van der Waals surface area contributed by atoms with Crippen LogP contribution in [0, 0.1) is 30.6 Å². The zero-order valence-electron chi connectivity index (χ0n) is 16.7. The summed E-state index contributed by atoms with van der Waals surface area (Å²) < 4.78 is 11.0. The van der Waals surface area contributed by atoms with Crippen molar-refractivity contribution in [2.75, 3.05) is 11.9 Å². The Labute approximate surface area is 174 Å². The zero-order chi connectivity index (χ0) is 20.8. The molecular formula is C24H23NO5. The number of ether oxygens (including phenoxy) is 2. The number of hydrogen-bond donors (Lipinski definition) is 1. The molecule has 1 heterocycles. The van der Waals surface area contributed by atoms with Crippen molar-refractivity contribution in [2.45, 2.75) is 25.9 Å². The summed E-state index contributed by atoms with van der Waals surface area (Å²) in [6.07, 6.45) is 1.73. The Morgan fingerprint density at radius 1 is 1.07 bits per heavy atom. The highest BCUT2D eigenvalue weighted by Gasteiger charge is 2.63. The van der Waals surface area contributed by atoms with E-state index in [1.54, 1.807) is 36.4 Å². The van der Waals surface area contributed by atoms with Crippen LogP contribution >= 0.6 is 0 Å². The molecule has 2 aromatic rings. The number of Topliss-reactive ketones (excluding diaryl/α,β-unsaturated/α-hetero) is 1. The van der Waals surface area contributed by atoms with Gasteiger partial charge < -0.3 is 14.8 Å². The Morgan fingerprint density at radius 2 is 1.80 bits per heavy atom. The lowest BCUT2D eigenvalue weighted by Gasteiger charge is -2.23. The molecule has 5 rings (SSSR count). The number of nitrogens with one attached hydrogen (secondary N) is 1. The Morgan fingerprint density at radius 3 is 2.53 bits per heavy atom. The van der Waals surface area contributed by atoms with Gasteiger partial charge in [-0.2, -0.15) is 0 Å². The first-order valence-electron chi connectivity index (χ1n) is 10.3. The number of anilines is 1. The van der Waals surface area contributed by atoms with Gasteiger partial charge in [0.25, 0.3) is 0 Å². The van der Waals surface area contributed by atoms with Crippen LogP contribution < -0.4 is 10.1 Å². The third kappa shape index (κ3) is 3.26. The summed E-state index contributed by atoms with van der Waals surface area (Å²) in [4.78, 5) is 37.1. The van der Waals surface area contributed by atoms with Crippen molar-refractivity contribution in [1.29, 1.82) is 0 Å². The molecule has 2 saturated carbocycles. The smallest absolute Gasteiger partial charge is 0.310 e. The molecule has 3 fully saturated rings. The van der Waals surface area contributed by atoms with Gasteiger partial charge in [-0.05, 0) is 49.9 Å². The minimum absolute atomic E-state index is 0.0237. The highest BCUT2D eigenvalue weighted by atomic mass is 16.6. The lowest BCUT2D eigenvalue weighted by molar-refractivity contribution is -0.145. The molecule has 154 valence electrons. The molecular weight excluding hydrogens is 382 g/mol. The number of carbonyl (C=O) groups is 3. The standard InChI is InChI=1S/C24H23NO5/c1-13-2-4-14(5-3-13)19(26)12-29-17-8-6-16(7-9-17)25-23(27)21-15-10-18-20(11-15)30-24(28)22(18)21/h2-9,15,18,20-22H,10-12H2,1H3,(H,25,27). The Bertz CT molecular complexity index is 995. The van der Waals surface area contributed by atoms with Crippen molar-refractivity contribution in [3.05, 3.63) is 59.7 Å². The average molecular weight is 405 g/mol. The van der Waals surface area contributed by atoms with E-state index >= 15 is 0 Å². The fourth-order valence-electron chi connectivity index (χ4n) is 5.19. The first-order valence-corrected chi connectivity index (χ1v) is 10.3. The Kier molecular flexibility index (Phi) is 4.57. The van der Waals surface area contributed by atoms with Gasteiger partial charge in [-0.25, -0.2) is 0 Å². The van der Waals surface area contributed by atoms with Gasteiger partial charge in [0.05, 0.1) is 11.8 Å². The fraction of sp³-hybridized carbons (Fsp3) is 0.375. The number of fused-ring (bicyclic) bond motifs is 1. The quantitative estimate of drug-likeness (QED) is 0.589. The molecule has 1 amide bonds. The van der Waals surface area contributed by atoms with E-state index in [9.17, 15) is 14.4 Å². The molecule has 2 aromatic carbocycles. The molecule has 6 heteroatoms. The maximum absolute atomic E-state index is 12.8. The van der Waals surface area contributed by atoms with E-state index in [1.165, 1.54) is 0 Å². The Balaban J connectivity index is 1.17. The van der Waals surface area contributed by atoms with Gasteiger partial charge in [0.2, 0.25) is 5.91 Å². The first-order chi connectivity index (χ1) is 14.5. The normalized spacial score (nSPS) is 28.3. The molecule has 5 unspecified atom stereocenters. The van der Waals surface area contributed by atoms with Crippen molar-refractivity contribution in [3.63, 3.8) is 0 Å². The number of ketones is 1. The second-order valence-corrected chi connectivity index (χ2v) is 8.51. The maximum Gasteiger partial charge on any atom is 0.310 e. The molecule has 2 bridgehead atoms. The number of carbonyl (C=O) groups excluding carboxylic acids is 3. The summed E-state index contributed by atoms with van der Waals surface area (Å²) >= 11 is 0. The van der Waals surface area contributed by atoms with E-state index in [-0.39, 0.29) is 54.0 Å².